The molecule has 1 rings (SSSR count). The van der Waals surface area contributed by atoms with Crippen LogP contribution in [0.15, 0.2) is 6.07 Å². The van der Waals surface area contributed by atoms with Crippen LogP contribution in [0.5, 0.6) is 17.2 Å². The molecule has 0 aliphatic carbocycles. The number of phenols is 1. The monoisotopic (exact) mass is 482 g/mol. The van der Waals surface area contributed by atoms with Crippen LogP contribution >= 0.6 is 0 Å². The highest BCUT2D eigenvalue weighted by Gasteiger charge is 2.16. The number of rotatable bonds is 20. The average Bonchev–Trinajstić information content (AvgIpc) is 2.84. The summed E-state index contributed by atoms with van der Waals surface area (Å²) in [7, 11) is 3.13. The van der Waals surface area contributed by atoms with E-state index in [1.54, 1.807) is 14.2 Å². The summed E-state index contributed by atoms with van der Waals surface area (Å²) >= 11 is 0. The molecule has 1 aromatic carbocycles. The van der Waals surface area contributed by atoms with Crippen LogP contribution in [0.3, 0.4) is 0 Å². The first-order valence-electron chi connectivity index (χ1n) is 13.7. The highest BCUT2D eigenvalue weighted by molar-refractivity contribution is 5.58. The van der Waals surface area contributed by atoms with Gasteiger partial charge < -0.3 is 24.8 Å². The number of aromatic hydroxyl groups is 1. The zero-order valence-electron chi connectivity index (χ0n) is 22.7. The molecule has 0 amide bonds. The van der Waals surface area contributed by atoms with E-state index >= 15 is 0 Å². The van der Waals surface area contributed by atoms with E-state index in [2.05, 4.69) is 6.92 Å². The Balaban J connectivity index is 0.000000833. The summed E-state index contributed by atoms with van der Waals surface area (Å²) in [6, 6.07) is 1.93. The van der Waals surface area contributed by atoms with Crippen molar-refractivity contribution in [1.82, 2.24) is 0 Å². The summed E-state index contributed by atoms with van der Waals surface area (Å²) in [5.74, 6) is 1.22. The lowest BCUT2D eigenvalue weighted by atomic mass is 9.99. The van der Waals surface area contributed by atoms with E-state index in [1.807, 2.05) is 13.0 Å². The molecule has 3 N–H and O–H groups in total. The van der Waals surface area contributed by atoms with Crippen LogP contribution in [-0.4, -0.2) is 42.8 Å². The highest BCUT2D eigenvalue weighted by atomic mass is 16.5. The Kier molecular flexibility index (Phi) is 22.3. The normalized spacial score (nSPS) is 10.6. The molecule has 5 nitrogen and oxygen atoms in total. The van der Waals surface area contributed by atoms with Crippen LogP contribution in [0, 0.1) is 6.92 Å². The van der Waals surface area contributed by atoms with Gasteiger partial charge in [-0.3, -0.25) is 0 Å². The van der Waals surface area contributed by atoms with Gasteiger partial charge in [-0.15, -0.1) is 0 Å². The van der Waals surface area contributed by atoms with Crippen molar-refractivity contribution in [2.75, 3.05) is 27.4 Å². The van der Waals surface area contributed by atoms with E-state index in [0.29, 0.717) is 24.7 Å². The Morgan fingerprint density at radius 1 is 0.647 bits per heavy atom. The maximum atomic E-state index is 10.4. The number of unbranched alkanes of at least 4 members (excludes halogenated alkanes) is 14. The van der Waals surface area contributed by atoms with Gasteiger partial charge in [-0.2, -0.15) is 0 Å². The molecule has 0 aliphatic rings. The predicted octanol–water partition coefficient (Wildman–Crippen LogP) is 7.49. The van der Waals surface area contributed by atoms with Crippen molar-refractivity contribution >= 4 is 0 Å². The van der Waals surface area contributed by atoms with E-state index < -0.39 is 0 Å². The maximum absolute atomic E-state index is 10.4. The Hall–Kier alpha value is -1.46. The van der Waals surface area contributed by atoms with Gasteiger partial charge in [0.25, 0.3) is 0 Å². The van der Waals surface area contributed by atoms with Gasteiger partial charge in [-0.25, -0.2) is 0 Å². The third kappa shape index (κ3) is 15.4. The molecular formula is C29H54O5. The minimum absolute atomic E-state index is 0.216. The second-order valence-electron chi connectivity index (χ2n) is 9.26. The summed E-state index contributed by atoms with van der Waals surface area (Å²) in [5, 5.41) is 27.6. The molecule has 5 heteroatoms. The molecule has 200 valence electrons. The van der Waals surface area contributed by atoms with Crippen LogP contribution in [0.2, 0.25) is 0 Å². The molecule has 0 saturated carbocycles. The van der Waals surface area contributed by atoms with Crippen LogP contribution in [0.4, 0.5) is 0 Å². The number of hydrogen-bond acceptors (Lipinski definition) is 5. The Bertz CT molecular complexity index is 580. The highest BCUT2D eigenvalue weighted by Crippen LogP contribution is 2.41. The lowest BCUT2D eigenvalue weighted by Gasteiger charge is -2.15. The van der Waals surface area contributed by atoms with Gasteiger partial charge in [-0.05, 0) is 44.2 Å². The summed E-state index contributed by atoms with van der Waals surface area (Å²) in [5.41, 5.74) is 2.01. The van der Waals surface area contributed by atoms with E-state index in [1.165, 1.54) is 77.0 Å². The summed E-state index contributed by atoms with van der Waals surface area (Å²) in [4.78, 5) is 0. The van der Waals surface area contributed by atoms with E-state index in [0.717, 1.165) is 43.2 Å². The minimum Gasteiger partial charge on any atom is -0.504 e. The van der Waals surface area contributed by atoms with E-state index in [4.69, 9.17) is 19.7 Å². The second-order valence-corrected chi connectivity index (χ2v) is 9.26. The topological polar surface area (TPSA) is 79.2 Å². The number of benzene rings is 1. The quantitative estimate of drug-likeness (QED) is 0.168. The molecule has 0 atom stereocenters. The van der Waals surface area contributed by atoms with Crippen molar-refractivity contribution < 1.29 is 24.8 Å². The fourth-order valence-corrected chi connectivity index (χ4v) is 4.17. The van der Waals surface area contributed by atoms with Gasteiger partial charge in [0.05, 0.1) is 14.2 Å². The lowest BCUT2D eigenvalue weighted by Crippen LogP contribution is -1.98. The molecule has 0 unspecified atom stereocenters. The first kappa shape index (κ1) is 32.5. The standard InChI is InChI=1S/C19H32O4.C10H22O/c1-15-14-17(22-2)19(23-3)18(21)16(15)12-10-8-6-4-5-7-9-11-13-20;1-2-3-4-5-6-7-8-9-10-11/h14,20-21H,4-13H2,1-3H3;11H,2-10H2,1H3. The van der Waals surface area contributed by atoms with Gasteiger partial charge in [0.15, 0.2) is 11.5 Å². The summed E-state index contributed by atoms with van der Waals surface area (Å²) in [6.45, 7) is 4.92. The molecule has 34 heavy (non-hydrogen) atoms. The van der Waals surface area contributed by atoms with Gasteiger partial charge in [0, 0.05) is 18.8 Å². The number of methoxy groups -OCH3 is 2. The molecule has 0 saturated heterocycles. The van der Waals surface area contributed by atoms with Gasteiger partial charge in [0.1, 0.15) is 0 Å². The second kappa shape index (κ2) is 23.3. The maximum Gasteiger partial charge on any atom is 0.203 e. The Morgan fingerprint density at radius 3 is 1.50 bits per heavy atom. The molecule has 0 aliphatic heterocycles. The third-order valence-electron chi connectivity index (χ3n) is 6.32. The van der Waals surface area contributed by atoms with Crippen molar-refractivity contribution in [1.29, 1.82) is 0 Å². The van der Waals surface area contributed by atoms with Gasteiger partial charge >= 0.3 is 0 Å². The molecule has 0 radical (unpaired) electrons. The SMILES string of the molecule is CCCCCCCCCCO.COc1cc(C)c(CCCCCCCCCCO)c(O)c1OC. The third-order valence-corrected chi connectivity index (χ3v) is 6.32. The molecular weight excluding hydrogens is 428 g/mol. The summed E-state index contributed by atoms with van der Waals surface area (Å²) < 4.78 is 10.5. The van der Waals surface area contributed by atoms with Crippen LogP contribution < -0.4 is 9.47 Å². The smallest absolute Gasteiger partial charge is 0.203 e. The minimum atomic E-state index is 0.216. The lowest BCUT2D eigenvalue weighted by molar-refractivity contribution is 0.282. The van der Waals surface area contributed by atoms with Crippen LogP contribution in [0.1, 0.15) is 121 Å². The van der Waals surface area contributed by atoms with Crippen molar-refractivity contribution in [2.45, 2.75) is 123 Å². The average molecular weight is 483 g/mol. The largest absolute Gasteiger partial charge is 0.504 e. The number of ether oxygens (including phenoxy) is 2. The fourth-order valence-electron chi connectivity index (χ4n) is 4.17. The first-order valence-corrected chi connectivity index (χ1v) is 13.7. The number of aliphatic hydroxyl groups is 2. The predicted molar refractivity (Wildman–Crippen MR) is 143 cm³/mol. The molecule has 0 bridgehead atoms. The molecule has 0 heterocycles. The zero-order valence-corrected chi connectivity index (χ0v) is 22.7. The molecule has 1 aromatic rings. The van der Waals surface area contributed by atoms with Crippen molar-refractivity contribution in [3.8, 4) is 17.2 Å². The van der Waals surface area contributed by atoms with E-state index in [9.17, 15) is 5.11 Å². The fraction of sp³-hybridized carbons (Fsp3) is 0.793. The van der Waals surface area contributed by atoms with Crippen molar-refractivity contribution in [3.05, 3.63) is 17.2 Å². The Morgan fingerprint density at radius 2 is 1.09 bits per heavy atom. The van der Waals surface area contributed by atoms with Crippen molar-refractivity contribution in [2.24, 2.45) is 0 Å². The van der Waals surface area contributed by atoms with Crippen LogP contribution in [0.25, 0.3) is 0 Å². The van der Waals surface area contributed by atoms with Gasteiger partial charge in [-0.1, -0.05) is 90.4 Å². The molecule has 0 fully saturated rings. The molecule has 0 spiro atoms. The summed E-state index contributed by atoms with van der Waals surface area (Å²) in [6.07, 6.45) is 20.5. The Labute approximate surface area is 209 Å². The number of aryl methyl sites for hydroxylation is 1. The number of phenolic OH excluding ortho intramolecular Hbond substituents is 1. The van der Waals surface area contributed by atoms with Gasteiger partial charge in [0.2, 0.25) is 5.75 Å². The van der Waals surface area contributed by atoms with E-state index in [-0.39, 0.29) is 5.75 Å². The van der Waals surface area contributed by atoms with Crippen molar-refractivity contribution in [3.63, 3.8) is 0 Å². The first-order chi connectivity index (χ1) is 16.6. The number of aliphatic hydroxyl groups excluding tert-OH is 2. The molecule has 0 aromatic heterocycles. The zero-order chi connectivity index (χ0) is 25.4. The number of hydrogen-bond donors (Lipinski definition) is 3. The van der Waals surface area contributed by atoms with Crippen LogP contribution in [-0.2, 0) is 6.42 Å².